The molecule has 2 N–H and O–H groups in total. The standard InChI is InChI=1S/C15H15N5/c1-11-9-18-13(10-17-11)15(16)14-7-8-19-20(14)12-5-3-2-4-6-12/h2-10,15H,16H2,1H3. The van der Waals surface area contributed by atoms with Gasteiger partial charge in [0.1, 0.15) is 0 Å². The van der Waals surface area contributed by atoms with E-state index in [2.05, 4.69) is 15.1 Å². The van der Waals surface area contributed by atoms with Gasteiger partial charge in [-0.15, -0.1) is 0 Å². The molecule has 5 nitrogen and oxygen atoms in total. The highest BCUT2D eigenvalue weighted by Gasteiger charge is 2.16. The van der Waals surface area contributed by atoms with E-state index in [1.165, 1.54) is 0 Å². The smallest absolute Gasteiger partial charge is 0.0917 e. The SMILES string of the molecule is Cc1cnc(C(N)c2ccnn2-c2ccccc2)cn1. The van der Waals surface area contributed by atoms with Crippen LogP contribution in [0.25, 0.3) is 5.69 Å². The van der Waals surface area contributed by atoms with Gasteiger partial charge in [-0.3, -0.25) is 9.97 Å². The lowest BCUT2D eigenvalue weighted by Crippen LogP contribution is -2.18. The minimum absolute atomic E-state index is 0.356. The van der Waals surface area contributed by atoms with Gasteiger partial charge in [-0.1, -0.05) is 18.2 Å². The molecule has 0 spiro atoms. The van der Waals surface area contributed by atoms with Crippen molar-refractivity contribution in [3.63, 3.8) is 0 Å². The molecule has 0 aliphatic carbocycles. The quantitative estimate of drug-likeness (QED) is 0.786. The van der Waals surface area contributed by atoms with Gasteiger partial charge in [-0.2, -0.15) is 5.10 Å². The zero-order valence-electron chi connectivity index (χ0n) is 11.1. The third-order valence-corrected chi connectivity index (χ3v) is 3.11. The molecule has 1 aromatic carbocycles. The Kier molecular flexibility index (Phi) is 3.26. The average Bonchev–Trinajstić information content (AvgIpc) is 2.97. The van der Waals surface area contributed by atoms with Gasteiger partial charge in [0.15, 0.2) is 0 Å². The number of para-hydroxylation sites is 1. The fourth-order valence-electron chi connectivity index (χ4n) is 2.05. The minimum atomic E-state index is -0.356. The average molecular weight is 265 g/mol. The Hall–Kier alpha value is -2.53. The summed E-state index contributed by atoms with van der Waals surface area (Å²) in [7, 11) is 0. The van der Waals surface area contributed by atoms with Crippen molar-refractivity contribution >= 4 is 0 Å². The molecule has 3 aromatic rings. The molecule has 0 radical (unpaired) electrons. The first-order chi connectivity index (χ1) is 9.75. The summed E-state index contributed by atoms with van der Waals surface area (Å²) in [5.41, 5.74) is 9.75. The highest BCUT2D eigenvalue weighted by atomic mass is 15.3. The molecule has 0 aliphatic rings. The summed E-state index contributed by atoms with van der Waals surface area (Å²) < 4.78 is 1.83. The van der Waals surface area contributed by atoms with Crippen molar-refractivity contribution in [2.24, 2.45) is 5.73 Å². The molecule has 0 amide bonds. The fraction of sp³-hybridized carbons (Fsp3) is 0.133. The van der Waals surface area contributed by atoms with E-state index in [0.29, 0.717) is 0 Å². The molecule has 2 aromatic heterocycles. The lowest BCUT2D eigenvalue weighted by Gasteiger charge is -2.13. The number of hydrogen-bond acceptors (Lipinski definition) is 4. The number of aryl methyl sites for hydroxylation is 1. The van der Waals surface area contributed by atoms with Crippen LogP contribution >= 0.6 is 0 Å². The van der Waals surface area contributed by atoms with E-state index < -0.39 is 0 Å². The van der Waals surface area contributed by atoms with Crippen LogP contribution < -0.4 is 5.73 Å². The topological polar surface area (TPSA) is 69.6 Å². The molecule has 0 saturated heterocycles. The summed E-state index contributed by atoms with van der Waals surface area (Å²) in [6.45, 7) is 1.90. The molecular weight excluding hydrogens is 250 g/mol. The normalized spacial score (nSPS) is 12.3. The number of nitrogens with zero attached hydrogens (tertiary/aromatic N) is 4. The number of benzene rings is 1. The molecule has 0 bridgehead atoms. The zero-order valence-corrected chi connectivity index (χ0v) is 11.1. The molecule has 1 unspecified atom stereocenters. The van der Waals surface area contributed by atoms with Crippen molar-refractivity contribution < 1.29 is 0 Å². The molecule has 5 heteroatoms. The van der Waals surface area contributed by atoms with Gasteiger partial charge in [0.25, 0.3) is 0 Å². The van der Waals surface area contributed by atoms with Crippen LogP contribution in [0, 0.1) is 6.92 Å². The Morgan fingerprint density at radius 1 is 1.05 bits per heavy atom. The molecular formula is C15H15N5. The van der Waals surface area contributed by atoms with Crippen LogP contribution in [-0.4, -0.2) is 19.7 Å². The molecule has 0 aliphatic heterocycles. The van der Waals surface area contributed by atoms with Gasteiger partial charge in [-0.25, -0.2) is 4.68 Å². The summed E-state index contributed by atoms with van der Waals surface area (Å²) in [6, 6.07) is 11.4. The highest BCUT2D eigenvalue weighted by molar-refractivity contribution is 5.34. The third kappa shape index (κ3) is 2.31. The maximum Gasteiger partial charge on any atom is 0.0917 e. The Bertz CT molecular complexity index is 688. The lowest BCUT2D eigenvalue weighted by atomic mass is 10.1. The molecule has 20 heavy (non-hydrogen) atoms. The van der Waals surface area contributed by atoms with Crippen LogP contribution in [0.5, 0.6) is 0 Å². The van der Waals surface area contributed by atoms with Gasteiger partial charge in [0.2, 0.25) is 0 Å². The van der Waals surface area contributed by atoms with Gasteiger partial charge in [0, 0.05) is 12.4 Å². The zero-order chi connectivity index (χ0) is 13.9. The van der Waals surface area contributed by atoms with Gasteiger partial charge < -0.3 is 5.73 Å². The predicted octanol–water partition coefficient (Wildman–Crippen LogP) is 2.02. The summed E-state index contributed by atoms with van der Waals surface area (Å²) >= 11 is 0. The van der Waals surface area contributed by atoms with E-state index in [9.17, 15) is 0 Å². The van der Waals surface area contributed by atoms with E-state index in [4.69, 9.17) is 5.73 Å². The van der Waals surface area contributed by atoms with Crippen molar-refractivity contribution in [2.45, 2.75) is 13.0 Å². The molecule has 0 fully saturated rings. The molecule has 100 valence electrons. The highest BCUT2D eigenvalue weighted by Crippen LogP contribution is 2.20. The second-order valence-corrected chi connectivity index (χ2v) is 4.56. The Morgan fingerprint density at radius 3 is 2.55 bits per heavy atom. The second-order valence-electron chi connectivity index (χ2n) is 4.56. The summed E-state index contributed by atoms with van der Waals surface area (Å²) in [6.07, 6.45) is 5.17. The summed E-state index contributed by atoms with van der Waals surface area (Å²) in [5, 5.41) is 4.34. The number of hydrogen-bond donors (Lipinski definition) is 1. The number of nitrogens with two attached hydrogens (primary N) is 1. The Labute approximate surface area is 117 Å². The van der Waals surface area contributed by atoms with Crippen molar-refractivity contribution in [2.75, 3.05) is 0 Å². The largest absolute Gasteiger partial charge is 0.318 e. The van der Waals surface area contributed by atoms with Crippen molar-refractivity contribution in [1.82, 2.24) is 19.7 Å². The number of aromatic nitrogens is 4. The Morgan fingerprint density at radius 2 is 1.85 bits per heavy atom. The van der Waals surface area contributed by atoms with Crippen LogP contribution in [-0.2, 0) is 0 Å². The van der Waals surface area contributed by atoms with E-state index >= 15 is 0 Å². The van der Waals surface area contributed by atoms with Gasteiger partial charge in [0.05, 0.1) is 35.0 Å². The van der Waals surface area contributed by atoms with E-state index in [-0.39, 0.29) is 6.04 Å². The van der Waals surface area contributed by atoms with Crippen molar-refractivity contribution in [1.29, 1.82) is 0 Å². The summed E-state index contributed by atoms with van der Waals surface area (Å²) in [5.74, 6) is 0. The van der Waals surface area contributed by atoms with Crippen LogP contribution in [0.3, 0.4) is 0 Å². The number of rotatable bonds is 3. The predicted molar refractivity (Wildman–Crippen MR) is 76.4 cm³/mol. The maximum absolute atomic E-state index is 6.29. The lowest BCUT2D eigenvalue weighted by molar-refractivity contribution is 0.717. The minimum Gasteiger partial charge on any atom is -0.318 e. The van der Waals surface area contributed by atoms with Crippen LogP contribution in [0.15, 0.2) is 55.0 Å². The Balaban J connectivity index is 1.99. The van der Waals surface area contributed by atoms with Crippen molar-refractivity contribution in [3.05, 3.63) is 72.1 Å². The molecule has 2 heterocycles. The first-order valence-corrected chi connectivity index (χ1v) is 6.39. The molecule has 1 atom stereocenters. The summed E-state index contributed by atoms with van der Waals surface area (Å²) in [4.78, 5) is 8.58. The van der Waals surface area contributed by atoms with Crippen LogP contribution in [0.1, 0.15) is 23.1 Å². The van der Waals surface area contributed by atoms with E-state index in [0.717, 1.165) is 22.8 Å². The van der Waals surface area contributed by atoms with Crippen LogP contribution in [0.2, 0.25) is 0 Å². The van der Waals surface area contributed by atoms with Crippen molar-refractivity contribution in [3.8, 4) is 5.69 Å². The van der Waals surface area contributed by atoms with E-state index in [1.54, 1.807) is 18.6 Å². The van der Waals surface area contributed by atoms with E-state index in [1.807, 2.05) is 48.0 Å². The first kappa shape index (κ1) is 12.5. The fourth-order valence-corrected chi connectivity index (χ4v) is 2.05. The third-order valence-electron chi connectivity index (χ3n) is 3.11. The molecule has 0 saturated carbocycles. The molecule has 3 rings (SSSR count). The van der Waals surface area contributed by atoms with Gasteiger partial charge >= 0.3 is 0 Å². The first-order valence-electron chi connectivity index (χ1n) is 6.39. The maximum atomic E-state index is 6.29. The second kappa shape index (κ2) is 5.22. The van der Waals surface area contributed by atoms with Gasteiger partial charge in [-0.05, 0) is 25.1 Å². The van der Waals surface area contributed by atoms with Crippen LogP contribution in [0.4, 0.5) is 0 Å². The monoisotopic (exact) mass is 265 g/mol.